The number of hydrogen-bond acceptors (Lipinski definition) is 3. The van der Waals surface area contributed by atoms with Gasteiger partial charge in [0.2, 0.25) is 5.91 Å². The number of carbonyl (C=O) groups excluding carboxylic acids is 1. The Morgan fingerprint density at radius 3 is 2.75 bits per heavy atom. The predicted molar refractivity (Wildman–Crippen MR) is 91.0 cm³/mol. The van der Waals surface area contributed by atoms with E-state index >= 15 is 0 Å². The van der Waals surface area contributed by atoms with Crippen LogP contribution >= 0.6 is 47.2 Å². The third kappa shape index (κ3) is 4.25. The van der Waals surface area contributed by atoms with Gasteiger partial charge in [0.25, 0.3) is 0 Å². The van der Waals surface area contributed by atoms with Crippen LogP contribution < -0.4 is 5.32 Å². The van der Waals surface area contributed by atoms with Crippen LogP contribution in [0.15, 0.2) is 18.2 Å². The molecule has 1 saturated heterocycles. The largest absolute Gasteiger partial charge is 0.358 e. The van der Waals surface area contributed by atoms with Gasteiger partial charge in [-0.1, -0.05) is 53.2 Å². The van der Waals surface area contributed by atoms with Crippen molar-refractivity contribution < 1.29 is 4.79 Å². The number of hydrogen-bond donors (Lipinski definition) is 1. The van der Waals surface area contributed by atoms with Gasteiger partial charge in [0.15, 0.2) is 0 Å². The highest BCUT2D eigenvalue weighted by Gasteiger charge is 2.16. The average Bonchev–Trinajstić information content (AvgIpc) is 2.95. The van der Waals surface area contributed by atoms with Gasteiger partial charge >= 0.3 is 0 Å². The lowest BCUT2D eigenvalue weighted by atomic mass is 10.3. The molecule has 7 heteroatoms. The molecule has 20 heavy (non-hydrogen) atoms. The molecule has 2 rings (SSSR count). The van der Waals surface area contributed by atoms with Gasteiger partial charge in [-0.2, -0.15) is 0 Å². The highest BCUT2D eigenvalue weighted by Crippen LogP contribution is 2.29. The molecule has 1 aliphatic heterocycles. The highest BCUT2D eigenvalue weighted by molar-refractivity contribution is 8.23. The fraction of sp³-hybridized carbons (Fsp3) is 0.385. The van der Waals surface area contributed by atoms with E-state index in [1.807, 2.05) is 0 Å². The summed E-state index contributed by atoms with van der Waals surface area (Å²) in [5, 5.41) is 3.52. The Morgan fingerprint density at radius 2 is 2.05 bits per heavy atom. The lowest BCUT2D eigenvalue weighted by molar-refractivity contribution is -0.113. The van der Waals surface area contributed by atoms with E-state index in [2.05, 4.69) is 10.2 Å². The van der Waals surface area contributed by atoms with Crippen LogP contribution in [0, 0.1) is 0 Å². The van der Waals surface area contributed by atoms with Crippen LogP contribution in [-0.4, -0.2) is 34.0 Å². The summed E-state index contributed by atoms with van der Waals surface area (Å²) in [4.78, 5) is 14.0. The van der Waals surface area contributed by atoms with Crippen LogP contribution in [0.25, 0.3) is 0 Å². The second-order valence-corrected chi connectivity index (χ2v) is 6.79. The Morgan fingerprint density at radius 1 is 1.35 bits per heavy atom. The summed E-state index contributed by atoms with van der Waals surface area (Å²) < 4.78 is 0.787. The van der Waals surface area contributed by atoms with Crippen LogP contribution in [0.4, 0.5) is 5.69 Å². The predicted octanol–water partition coefficient (Wildman–Crippen LogP) is 4.05. The minimum atomic E-state index is -0.138. The van der Waals surface area contributed by atoms with E-state index in [-0.39, 0.29) is 11.7 Å². The number of thioether (sulfide) groups is 1. The molecule has 0 spiro atoms. The maximum atomic E-state index is 11.9. The maximum Gasteiger partial charge on any atom is 0.234 e. The average molecular weight is 349 g/mol. The molecule has 1 N–H and O–H groups in total. The second-order valence-electron chi connectivity index (χ2n) is 4.40. The van der Waals surface area contributed by atoms with E-state index in [9.17, 15) is 4.79 Å². The first kappa shape index (κ1) is 15.9. The smallest absolute Gasteiger partial charge is 0.234 e. The van der Waals surface area contributed by atoms with Crippen LogP contribution in [0.5, 0.6) is 0 Å². The van der Waals surface area contributed by atoms with Gasteiger partial charge in [0.05, 0.1) is 21.5 Å². The molecule has 1 amide bonds. The number of likely N-dealkylation sites (tertiary alicyclic amines) is 1. The molecule has 1 aromatic rings. The SMILES string of the molecule is O=C(CSC(=S)N1CCCC1)Nc1cccc(Cl)c1Cl. The maximum absolute atomic E-state index is 11.9. The molecule has 0 saturated carbocycles. The van der Waals surface area contributed by atoms with Gasteiger partial charge in [-0.05, 0) is 25.0 Å². The zero-order valence-electron chi connectivity index (χ0n) is 10.7. The van der Waals surface area contributed by atoms with Crippen LogP contribution in [-0.2, 0) is 4.79 Å². The molecule has 0 unspecified atom stereocenters. The molecular formula is C13H14Cl2N2OS2. The summed E-state index contributed by atoms with van der Waals surface area (Å²) >= 11 is 18.6. The lowest BCUT2D eigenvalue weighted by Crippen LogP contribution is -2.25. The molecule has 108 valence electrons. The van der Waals surface area contributed by atoms with Crippen LogP contribution in [0.1, 0.15) is 12.8 Å². The molecular weight excluding hydrogens is 335 g/mol. The number of halogens is 2. The minimum Gasteiger partial charge on any atom is -0.358 e. The Labute approximate surface area is 138 Å². The lowest BCUT2D eigenvalue weighted by Gasteiger charge is -2.17. The van der Waals surface area contributed by atoms with Gasteiger partial charge in [0.1, 0.15) is 4.32 Å². The summed E-state index contributed by atoms with van der Waals surface area (Å²) in [5.74, 6) is 0.138. The molecule has 3 nitrogen and oxygen atoms in total. The van der Waals surface area contributed by atoms with E-state index in [0.29, 0.717) is 15.7 Å². The summed E-state index contributed by atoms with van der Waals surface area (Å²) in [7, 11) is 0. The molecule has 0 aliphatic carbocycles. The minimum absolute atomic E-state index is 0.138. The zero-order chi connectivity index (χ0) is 14.5. The van der Waals surface area contributed by atoms with E-state index < -0.39 is 0 Å². The fourth-order valence-corrected chi connectivity index (χ4v) is 3.30. The molecule has 1 heterocycles. The number of benzene rings is 1. The van der Waals surface area contributed by atoms with Crippen molar-refractivity contribution in [3.05, 3.63) is 28.2 Å². The molecule has 1 fully saturated rings. The quantitative estimate of drug-likeness (QED) is 0.835. The fourth-order valence-electron chi connectivity index (χ4n) is 1.90. The first-order valence-corrected chi connectivity index (χ1v) is 8.38. The van der Waals surface area contributed by atoms with Crippen molar-refractivity contribution >= 4 is 63.1 Å². The van der Waals surface area contributed by atoms with Gasteiger partial charge in [-0.25, -0.2) is 0 Å². The van der Waals surface area contributed by atoms with Crippen LogP contribution in [0.3, 0.4) is 0 Å². The van der Waals surface area contributed by atoms with Gasteiger partial charge in [-0.15, -0.1) is 0 Å². The summed E-state index contributed by atoms with van der Waals surface area (Å²) in [6.45, 7) is 1.99. The summed E-state index contributed by atoms with van der Waals surface area (Å²) in [6, 6.07) is 5.14. The van der Waals surface area contributed by atoms with Crippen LogP contribution in [0.2, 0.25) is 10.0 Å². The molecule has 1 aromatic carbocycles. The van der Waals surface area contributed by atoms with E-state index in [1.54, 1.807) is 18.2 Å². The molecule has 0 aromatic heterocycles. The number of carbonyl (C=O) groups is 1. The van der Waals surface area contributed by atoms with E-state index in [1.165, 1.54) is 24.6 Å². The Hall–Kier alpha value is -0.490. The molecule has 0 atom stereocenters. The normalized spacial score (nSPS) is 14.4. The van der Waals surface area contributed by atoms with Crippen molar-refractivity contribution in [3.63, 3.8) is 0 Å². The number of amides is 1. The Bertz CT molecular complexity index is 519. The van der Waals surface area contributed by atoms with Gasteiger partial charge in [-0.3, -0.25) is 4.79 Å². The summed E-state index contributed by atoms with van der Waals surface area (Å²) in [5.41, 5.74) is 0.525. The standard InChI is InChI=1S/C13H14Cl2N2OS2/c14-9-4-3-5-10(12(9)15)16-11(18)8-20-13(19)17-6-1-2-7-17/h3-5H,1-2,6-8H2,(H,16,18). The number of thiocarbonyl (C=S) groups is 1. The van der Waals surface area contributed by atoms with Crippen molar-refractivity contribution in [2.24, 2.45) is 0 Å². The van der Waals surface area contributed by atoms with Crippen molar-refractivity contribution in [2.45, 2.75) is 12.8 Å². The zero-order valence-corrected chi connectivity index (χ0v) is 13.8. The summed E-state index contributed by atoms with van der Waals surface area (Å²) in [6.07, 6.45) is 2.34. The molecule has 0 bridgehead atoms. The highest BCUT2D eigenvalue weighted by atomic mass is 35.5. The monoisotopic (exact) mass is 348 g/mol. The van der Waals surface area contributed by atoms with Crippen molar-refractivity contribution in [3.8, 4) is 0 Å². The number of nitrogens with zero attached hydrogens (tertiary/aromatic N) is 1. The third-order valence-corrected chi connectivity index (χ3v) is 5.26. The number of anilines is 1. The first-order chi connectivity index (χ1) is 9.58. The number of nitrogens with one attached hydrogen (secondary N) is 1. The number of rotatable bonds is 3. The topological polar surface area (TPSA) is 32.3 Å². The van der Waals surface area contributed by atoms with E-state index in [0.717, 1.165) is 17.4 Å². The first-order valence-electron chi connectivity index (χ1n) is 6.23. The third-order valence-electron chi connectivity index (χ3n) is 2.92. The molecule has 0 radical (unpaired) electrons. The molecule has 1 aliphatic rings. The second kappa shape index (κ2) is 7.50. The Balaban J connectivity index is 1.83. The Kier molecular flexibility index (Phi) is 5.96. The van der Waals surface area contributed by atoms with Gasteiger partial charge < -0.3 is 10.2 Å². The van der Waals surface area contributed by atoms with Crippen molar-refractivity contribution in [1.82, 2.24) is 4.90 Å². The van der Waals surface area contributed by atoms with Crippen molar-refractivity contribution in [1.29, 1.82) is 0 Å². The van der Waals surface area contributed by atoms with Crippen molar-refractivity contribution in [2.75, 3.05) is 24.2 Å². The van der Waals surface area contributed by atoms with Gasteiger partial charge in [0, 0.05) is 13.1 Å². The van der Waals surface area contributed by atoms with E-state index in [4.69, 9.17) is 35.4 Å².